The summed E-state index contributed by atoms with van der Waals surface area (Å²) in [5.74, 6) is -1.27. The largest absolute Gasteiger partial charge is 0.431 e. The van der Waals surface area contributed by atoms with E-state index in [1.54, 1.807) is 35.8 Å². The van der Waals surface area contributed by atoms with Gasteiger partial charge in [-0.1, -0.05) is 17.4 Å². The molecule has 24 heavy (non-hydrogen) atoms. The molecule has 1 heterocycles. The highest BCUT2D eigenvalue weighted by molar-refractivity contribution is 7.11. The van der Waals surface area contributed by atoms with Gasteiger partial charge in [0.2, 0.25) is 0 Å². The molecule has 0 radical (unpaired) electrons. The molecule has 0 fully saturated rings. The van der Waals surface area contributed by atoms with Crippen LogP contribution in [-0.4, -0.2) is 10.9 Å². The Hall–Kier alpha value is -2.80. The third kappa shape index (κ3) is 3.75. The molecule has 0 atom stereocenters. The van der Waals surface area contributed by atoms with E-state index in [0.29, 0.717) is 16.5 Å². The monoisotopic (exact) mass is 346 g/mol. The van der Waals surface area contributed by atoms with E-state index in [9.17, 15) is 13.6 Å². The van der Waals surface area contributed by atoms with Gasteiger partial charge in [-0.05, 0) is 36.4 Å². The molecule has 3 rings (SSSR count). The van der Waals surface area contributed by atoms with E-state index in [1.807, 2.05) is 0 Å². The molecule has 0 aliphatic rings. The van der Waals surface area contributed by atoms with Crippen LogP contribution in [0.25, 0.3) is 0 Å². The number of rotatable bonds is 5. The minimum atomic E-state index is -0.692. The first-order valence-electron chi connectivity index (χ1n) is 7.02. The Kier molecular flexibility index (Phi) is 4.81. The van der Waals surface area contributed by atoms with Crippen molar-refractivity contribution >= 4 is 17.2 Å². The van der Waals surface area contributed by atoms with Crippen LogP contribution in [0.3, 0.4) is 0 Å². The van der Waals surface area contributed by atoms with Crippen LogP contribution >= 0.6 is 11.3 Å². The van der Waals surface area contributed by atoms with E-state index >= 15 is 0 Å². The van der Waals surface area contributed by atoms with Crippen molar-refractivity contribution in [3.8, 4) is 10.9 Å². The Morgan fingerprint density at radius 2 is 1.83 bits per heavy atom. The zero-order valence-electron chi connectivity index (χ0n) is 12.3. The lowest BCUT2D eigenvalue weighted by atomic mass is 10.1. The first-order chi connectivity index (χ1) is 11.6. The minimum Gasteiger partial charge on any atom is -0.431 e. The van der Waals surface area contributed by atoms with Gasteiger partial charge in [0.15, 0.2) is 0 Å². The number of halogens is 2. The van der Waals surface area contributed by atoms with E-state index in [-0.39, 0.29) is 12.1 Å². The van der Waals surface area contributed by atoms with E-state index in [1.165, 1.54) is 17.4 Å². The molecule has 0 saturated heterocycles. The van der Waals surface area contributed by atoms with Crippen LogP contribution in [0, 0.1) is 11.6 Å². The van der Waals surface area contributed by atoms with Crippen LogP contribution in [0.15, 0.2) is 54.0 Å². The van der Waals surface area contributed by atoms with Crippen LogP contribution in [0.2, 0.25) is 0 Å². The number of carbonyl (C=O) groups is 1. The highest BCUT2D eigenvalue weighted by atomic mass is 32.1. The fraction of sp³-hybridized carbons (Fsp3) is 0.0588. The van der Waals surface area contributed by atoms with Crippen molar-refractivity contribution in [3.05, 3.63) is 76.8 Å². The standard InChI is InChI=1S/C17H12F2N2O2S/c18-14-2-1-3-15(19)13(14)10-21-16(22)11-4-6-12(7-5-11)23-17-20-8-9-24-17/h1-9H,10H2,(H,21,22). The maximum absolute atomic E-state index is 13.5. The summed E-state index contributed by atoms with van der Waals surface area (Å²) in [7, 11) is 0. The zero-order chi connectivity index (χ0) is 16.9. The number of aromatic nitrogens is 1. The molecule has 0 unspecified atom stereocenters. The summed E-state index contributed by atoms with van der Waals surface area (Å²) >= 11 is 1.35. The molecule has 1 N–H and O–H groups in total. The second-order valence-corrected chi connectivity index (χ2v) is 5.66. The lowest BCUT2D eigenvalue weighted by Crippen LogP contribution is -2.23. The highest BCUT2D eigenvalue weighted by Gasteiger charge is 2.11. The van der Waals surface area contributed by atoms with E-state index in [4.69, 9.17) is 4.74 Å². The summed E-state index contributed by atoms with van der Waals surface area (Å²) in [6, 6.07) is 9.95. The SMILES string of the molecule is O=C(NCc1c(F)cccc1F)c1ccc(Oc2nccs2)cc1. The molecule has 7 heteroatoms. The van der Waals surface area contributed by atoms with Crippen molar-refractivity contribution in [1.82, 2.24) is 10.3 Å². The third-order valence-corrected chi connectivity index (χ3v) is 3.87. The van der Waals surface area contributed by atoms with Gasteiger partial charge >= 0.3 is 0 Å². The zero-order valence-corrected chi connectivity index (χ0v) is 13.1. The molecule has 0 aliphatic heterocycles. The van der Waals surface area contributed by atoms with Gasteiger partial charge < -0.3 is 10.1 Å². The minimum absolute atomic E-state index is 0.172. The quantitative estimate of drug-likeness (QED) is 0.755. The number of benzene rings is 2. The number of thiazole rings is 1. The molecule has 0 aliphatic carbocycles. The summed E-state index contributed by atoms with van der Waals surface area (Å²) in [6.45, 7) is -0.227. The van der Waals surface area contributed by atoms with Crippen LogP contribution < -0.4 is 10.1 Å². The summed E-state index contributed by atoms with van der Waals surface area (Å²) < 4.78 is 32.5. The molecule has 0 bridgehead atoms. The van der Waals surface area contributed by atoms with Gasteiger partial charge in [0.25, 0.3) is 11.1 Å². The first-order valence-corrected chi connectivity index (χ1v) is 7.90. The molecular weight excluding hydrogens is 334 g/mol. The van der Waals surface area contributed by atoms with Crippen LogP contribution in [0.5, 0.6) is 10.9 Å². The van der Waals surface area contributed by atoms with Gasteiger partial charge in [-0.3, -0.25) is 4.79 Å². The second kappa shape index (κ2) is 7.18. The number of nitrogens with one attached hydrogen (secondary N) is 1. The van der Waals surface area contributed by atoms with Crippen molar-refractivity contribution < 1.29 is 18.3 Å². The molecule has 122 valence electrons. The van der Waals surface area contributed by atoms with Gasteiger partial charge in [-0.15, -0.1) is 0 Å². The maximum atomic E-state index is 13.5. The van der Waals surface area contributed by atoms with Crippen LogP contribution in [0.1, 0.15) is 15.9 Å². The summed E-state index contributed by atoms with van der Waals surface area (Å²) in [6.07, 6.45) is 1.63. The lowest BCUT2D eigenvalue weighted by Gasteiger charge is -2.08. The lowest BCUT2D eigenvalue weighted by molar-refractivity contribution is 0.0950. The smallest absolute Gasteiger partial charge is 0.278 e. The predicted molar refractivity (Wildman–Crippen MR) is 86.2 cm³/mol. The number of amides is 1. The van der Waals surface area contributed by atoms with Gasteiger partial charge in [0.1, 0.15) is 17.4 Å². The molecule has 1 aromatic heterocycles. The number of carbonyl (C=O) groups excluding carboxylic acids is 1. The van der Waals surface area contributed by atoms with E-state index in [2.05, 4.69) is 10.3 Å². The fourth-order valence-electron chi connectivity index (χ4n) is 2.01. The number of ether oxygens (including phenoxy) is 1. The molecule has 4 nitrogen and oxygen atoms in total. The van der Waals surface area contributed by atoms with Gasteiger partial charge in [-0.25, -0.2) is 13.8 Å². The van der Waals surface area contributed by atoms with Crippen LogP contribution in [0.4, 0.5) is 8.78 Å². The molecule has 0 spiro atoms. The van der Waals surface area contributed by atoms with Crippen molar-refractivity contribution in [2.75, 3.05) is 0 Å². The van der Waals surface area contributed by atoms with Crippen molar-refractivity contribution in [2.24, 2.45) is 0 Å². The third-order valence-electron chi connectivity index (χ3n) is 3.22. The molecule has 2 aromatic carbocycles. The summed E-state index contributed by atoms with van der Waals surface area (Å²) in [5, 5.41) is 4.78. The predicted octanol–water partition coefficient (Wildman–Crippen LogP) is 4.14. The Labute approximate surface area is 140 Å². The fourth-order valence-corrected chi connectivity index (χ4v) is 2.51. The van der Waals surface area contributed by atoms with Gasteiger partial charge in [-0.2, -0.15) is 0 Å². The molecular formula is C17H12F2N2O2S. The number of hydrogen-bond acceptors (Lipinski definition) is 4. The van der Waals surface area contributed by atoms with Gasteiger partial charge in [0, 0.05) is 29.2 Å². The normalized spacial score (nSPS) is 10.4. The maximum Gasteiger partial charge on any atom is 0.278 e. The first kappa shape index (κ1) is 16.1. The van der Waals surface area contributed by atoms with Gasteiger partial charge in [0.05, 0.1) is 0 Å². The van der Waals surface area contributed by atoms with Crippen LogP contribution in [-0.2, 0) is 6.54 Å². The second-order valence-electron chi connectivity index (χ2n) is 4.81. The summed E-state index contributed by atoms with van der Waals surface area (Å²) in [5.41, 5.74) is 0.188. The highest BCUT2D eigenvalue weighted by Crippen LogP contribution is 2.23. The summed E-state index contributed by atoms with van der Waals surface area (Å²) in [4.78, 5) is 16.1. The van der Waals surface area contributed by atoms with E-state index in [0.717, 1.165) is 12.1 Å². The molecule has 0 saturated carbocycles. The van der Waals surface area contributed by atoms with Crippen molar-refractivity contribution in [1.29, 1.82) is 0 Å². The average molecular weight is 346 g/mol. The topological polar surface area (TPSA) is 51.2 Å². The van der Waals surface area contributed by atoms with Crippen molar-refractivity contribution in [3.63, 3.8) is 0 Å². The molecule has 1 amide bonds. The average Bonchev–Trinajstić information content (AvgIpc) is 3.08. The number of nitrogens with zero attached hydrogens (tertiary/aromatic N) is 1. The Morgan fingerprint density at radius 3 is 2.46 bits per heavy atom. The Bertz CT molecular complexity index is 816. The molecule has 3 aromatic rings. The number of hydrogen-bond donors (Lipinski definition) is 1. The Morgan fingerprint density at radius 1 is 1.12 bits per heavy atom. The van der Waals surface area contributed by atoms with E-state index < -0.39 is 17.5 Å². The Balaban J connectivity index is 1.63. The van der Waals surface area contributed by atoms with Crippen molar-refractivity contribution in [2.45, 2.75) is 6.54 Å².